The highest BCUT2D eigenvalue weighted by molar-refractivity contribution is 7.01. The second kappa shape index (κ2) is 15.2. The van der Waals surface area contributed by atoms with Crippen LogP contribution in [0.25, 0.3) is 88.4 Å². The van der Waals surface area contributed by atoms with E-state index in [0.29, 0.717) is 0 Å². The fourth-order valence-corrected chi connectivity index (χ4v) is 17.7. The van der Waals surface area contributed by atoms with E-state index in [2.05, 4.69) is 258 Å². The van der Waals surface area contributed by atoms with Crippen molar-refractivity contribution in [3.63, 3.8) is 0 Å². The molecule has 404 valence electrons. The smallest absolute Gasteiger partial charge is 0.253 e. The molecule has 0 saturated carbocycles. The second-order valence-corrected chi connectivity index (χ2v) is 30.9. The molecular formula is C79H75BN2. The van der Waals surface area contributed by atoms with E-state index < -0.39 is 5.41 Å². The van der Waals surface area contributed by atoms with Gasteiger partial charge in [0, 0.05) is 38.6 Å². The Morgan fingerprint density at radius 2 is 0.915 bits per heavy atom. The largest absolute Gasteiger partial charge is 0.310 e. The number of aromatic nitrogens is 2. The van der Waals surface area contributed by atoms with Crippen molar-refractivity contribution in [3.8, 4) is 44.9 Å². The highest BCUT2D eigenvalue weighted by Gasteiger charge is 2.55. The van der Waals surface area contributed by atoms with E-state index in [-0.39, 0.29) is 39.2 Å². The molecule has 0 N–H and O–H groups in total. The van der Waals surface area contributed by atoms with Crippen molar-refractivity contribution >= 4 is 66.6 Å². The number of hydrogen-bond donors (Lipinski definition) is 0. The summed E-state index contributed by atoms with van der Waals surface area (Å²) in [5.74, 6) is 0. The molecule has 0 atom stereocenters. The van der Waals surface area contributed by atoms with Gasteiger partial charge in [0.2, 0.25) is 0 Å². The van der Waals surface area contributed by atoms with Crippen LogP contribution in [0.4, 0.5) is 0 Å². The Hall–Kier alpha value is -7.36. The maximum Gasteiger partial charge on any atom is 0.253 e. The van der Waals surface area contributed by atoms with Gasteiger partial charge >= 0.3 is 0 Å². The lowest BCUT2D eigenvalue weighted by Gasteiger charge is -2.44. The molecule has 3 aliphatic heterocycles. The number of benzene rings is 9. The third kappa shape index (κ3) is 5.94. The molecule has 5 heterocycles. The zero-order chi connectivity index (χ0) is 56.5. The highest BCUT2D eigenvalue weighted by Crippen LogP contribution is 2.63. The average Bonchev–Trinajstić information content (AvgIpc) is 1.42. The van der Waals surface area contributed by atoms with Crippen LogP contribution < -0.4 is 16.4 Å². The summed E-state index contributed by atoms with van der Waals surface area (Å²) < 4.78 is 5.65. The van der Waals surface area contributed by atoms with Gasteiger partial charge in [-0.3, -0.25) is 0 Å². The molecule has 17 rings (SSSR count). The van der Waals surface area contributed by atoms with E-state index in [1.165, 1.54) is 180 Å². The minimum Gasteiger partial charge on any atom is -0.310 e. The van der Waals surface area contributed by atoms with Crippen molar-refractivity contribution in [1.29, 1.82) is 0 Å². The predicted molar refractivity (Wildman–Crippen MR) is 349 cm³/mol. The van der Waals surface area contributed by atoms with Gasteiger partial charge in [-0.15, -0.1) is 0 Å². The molecule has 0 radical (unpaired) electrons. The van der Waals surface area contributed by atoms with Gasteiger partial charge in [-0.2, -0.15) is 0 Å². The van der Waals surface area contributed by atoms with Crippen molar-refractivity contribution < 1.29 is 0 Å². The van der Waals surface area contributed by atoms with Crippen molar-refractivity contribution in [3.05, 3.63) is 207 Å². The Morgan fingerprint density at radius 1 is 0.390 bits per heavy atom. The predicted octanol–water partition coefficient (Wildman–Crippen LogP) is 18.3. The average molecular weight is 1060 g/mol. The topological polar surface area (TPSA) is 9.86 Å². The summed E-state index contributed by atoms with van der Waals surface area (Å²) in [6, 6.07) is 62.1. The molecule has 0 bridgehead atoms. The third-order valence-electron chi connectivity index (χ3n) is 22.3. The molecule has 3 heteroatoms. The molecule has 2 nitrogen and oxygen atoms in total. The number of rotatable bonds is 2. The molecule has 11 aromatic rings. The lowest BCUT2D eigenvalue weighted by Crippen LogP contribution is -2.61. The second-order valence-electron chi connectivity index (χ2n) is 30.9. The molecule has 9 aromatic carbocycles. The number of fused-ring (bicyclic) bond motifs is 15. The highest BCUT2D eigenvalue weighted by atomic mass is 15.1. The third-order valence-corrected chi connectivity index (χ3v) is 22.3. The minimum atomic E-state index is -0.573. The Morgan fingerprint density at radius 3 is 1.54 bits per heavy atom. The van der Waals surface area contributed by atoms with Crippen LogP contribution in [0.2, 0.25) is 0 Å². The summed E-state index contributed by atoms with van der Waals surface area (Å²) in [5, 5.41) is 6.74. The molecule has 0 fully saturated rings. The van der Waals surface area contributed by atoms with E-state index in [1.807, 2.05) is 0 Å². The molecule has 82 heavy (non-hydrogen) atoms. The number of nitrogens with zero attached hydrogens (tertiary/aromatic N) is 2. The lowest BCUT2D eigenvalue weighted by molar-refractivity contribution is 0.332. The van der Waals surface area contributed by atoms with Crippen LogP contribution in [-0.2, 0) is 37.9 Å². The molecule has 6 aliphatic rings. The van der Waals surface area contributed by atoms with Gasteiger partial charge in [0.25, 0.3) is 6.71 Å². The summed E-state index contributed by atoms with van der Waals surface area (Å²) in [7, 11) is 0. The van der Waals surface area contributed by atoms with Gasteiger partial charge < -0.3 is 9.13 Å². The van der Waals surface area contributed by atoms with Gasteiger partial charge in [0.1, 0.15) is 0 Å². The van der Waals surface area contributed by atoms with Crippen molar-refractivity contribution in [2.24, 2.45) is 0 Å². The zero-order valence-corrected chi connectivity index (χ0v) is 50.7. The van der Waals surface area contributed by atoms with Gasteiger partial charge in [0.05, 0.1) is 22.1 Å². The molecule has 0 unspecified atom stereocenters. The van der Waals surface area contributed by atoms with Crippen LogP contribution in [-0.4, -0.2) is 15.8 Å². The summed E-state index contributed by atoms with van der Waals surface area (Å²) in [5.41, 5.74) is 32.9. The normalized spacial score (nSPS) is 18.4. The summed E-state index contributed by atoms with van der Waals surface area (Å²) in [6.07, 6.45) is 4.71. The van der Waals surface area contributed by atoms with E-state index >= 15 is 0 Å². The zero-order valence-electron chi connectivity index (χ0n) is 50.7. The first-order chi connectivity index (χ1) is 38.9. The summed E-state index contributed by atoms with van der Waals surface area (Å²) >= 11 is 0. The monoisotopic (exact) mass is 1060 g/mol. The van der Waals surface area contributed by atoms with Gasteiger partial charge in [-0.25, -0.2) is 0 Å². The van der Waals surface area contributed by atoms with Crippen LogP contribution >= 0.6 is 0 Å². The molecular weight excluding hydrogens is 988 g/mol. The first-order valence-corrected chi connectivity index (χ1v) is 30.9. The Labute approximate surface area is 485 Å². The fourth-order valence-electron chi connectivity index (χ4n) is 17.7. The molecule has 0 saturated heterocycles. The first-order valence-electron chi connectivity index (χ1n) is 30.9. The van der Waals surface area contributed by atoms with E-state index in [1.54, 1.807) is 0 Å². The van der Waals surface area contributed by atoms with Crippen LogP contribution in [0.15, 0.2) is 152 Å². The maximum atomic E-state index is 2.83. The minimum absolute atomic E-state index is 0.0290. The van der Waals surface area contributed by atoms with E-state index in [9.17, 15) is 0 Å². The lowest BCUT2D eigenvalue weighted by atomic mass is 9.33. The molecule has 3 aliphatic carbocycles. The van der Waals surface area contributed by atoms with Crippen LogP contribution in [0.5, 0.6) is 0 Å². The Balaban J connectivity index is 1.11. The van der Waals surface area contributed by atoms with Gasteiger partial charge in [-0.05, 0) is 194 Å². The fraction of sp³-hybridized carbons (Fsp3) is 0.316. The molecule has 2 aromatic heterocycles. The van der Waals surface area contributed by atoms with Crippen molar-refractivity contribution in [2.45, 2.75) is 161 Å². The van der Waals surface area contributed by atoms with Crippen molar-refractivity contribution in [2.75, 3.05) is 0 Å². The maximum absolute atomic E-state index is 2.83. The Bertz CT molecular complexity index is 4730. The molecule has 0 amide bonds. The van der Waals surface area contributed by atoms with Crippen LogP contribution in [0.3, 0.4) is 0 Å². The SMILES string of the molecule is CC(C)(C)c1cc2c3c(c1)c1cc(C(C)(C)C)cc4c1n3-c1c(ccc3c1B2c1c2ccccc2cc2c(-c5ccc6c(c5)C(C)(C)CCC6(C)C)c(-c5ccc6c(c5)C(C)(C)CCC6(C)C)n-3c12)C41c2ccccc2-c2ccccc21. The number of hydrogen-bond acceptors (Lipinski definition) is 0. The van der Waals surface area contributed by atoms with Crippen molar-refractivity contribution in [1.82, 2.24) is 9.13 Å². The van der Waals surface area contributed by atoms with E-state index in [0.717, 1.165) is 6.42 Å². The van der Waals surface area contributed by atoms with Gasteiger partial charge in [0.15, 0.2) is 0 Å². The Kier molecular flexibility index (Phi) is 9.16. The van der Waals surface area contributed by atoms with Crippen LogP contribution in [0.1, 0.15) is 178 Å². The first kappa shape index (κ1) is 49.3. The molecule has 1 spiro atoms. The summed E-state index contributed by atoms with van der Waals surface area (Å²) in [4.78, 5) is 0. The van der Waals surface area contributed by atoms with Gasteiger partial charge in [-0.1, -0.05) is 218 Å². The standard InChI is InChI=1S/C79H75BN2/c1-73(2,3)47-40-52-53-41-48(74(4,5)6)43-63-70(53)82-69(52)62(42-47)79(55-25-19-17-23-50(55)51-24-18-20-26-56(51)79)59-31-32-64-67(72(59)82)80(63)66-49-22-16-15-21-44(49)37-54-65(45-27-29-57-60(38-45)77(11,12)35-33-75(57,7)8)68(81(64)71(54)66)46-28-30-58-61(39-46)78(13,14)36-34-76(58,9)10/h15-32,37-43H,33-36H2,1-14H3. The quantitative estimate of drug-likeness (QED) is 0.153. The summed E-state index contributed by atoms with van der Waals surface area (Å²) in [6.45, 7) is 34.3. The van der Waals surface area contributed by atoms with E-state index in [4.69, 9.17) is 0 Å². The van der Waals surface area contributed by atoms with Crippen LogP contribution in [0, 0.1) is 0 Å².